The molecule has 1 N–H and O–H groups in total. The van der Waals surface area contributed by atoms with E-state index in [1.165, 1.54) is 6.07 Å². The van der Waals surface area contributed by atoms with E-state index in [0.29, 0.717) is 0 Å². The van der Waals surface area contributed by atoms with Crippen molar-refractivity contribution >= 4 is 37.6 Å². The molecule has 0 heterocycles. The smallest absolute Gasteiger partial charge is 0.208 e. The van der Waals surface area contributed by atoms with Crippen molar-refractivity contribution in [3.63, 3.8) is 0 Å². The SMILES string of the molecule is CC(C)C(C)NS(=O)(=O)c1ccc(Br)cc1Cl. The molecule has 0 spiro atoms. The minimum absolute atomic E-state index is 0.106. The Labute approximate surface area is 116 Å². The summed E-state index contributed by atoms with van der Waals surface area (Å²) in [6, 6.07) is 4.57. The Morgan fingerprint density at radius 1 is 1.29 bits per heavy atom. The van der Waals surface area contributed by atoms with E-state index in [2.05, 4.69) is 20.7 Å². The molecule has 0 aliphatic rings. The van der Waals surface area contributed by atoms with Gasteiger partial charge in [-0.1, -0.05) is 41.4 Å². The molecular formula is C11H15BrClNO2S. The zero-order valence-electron chi connectivity index (χ0n) is 9.87. The predicted octanol–water partition coefficient (Wildman–Crippen LogP) is 3.43. The maximum Gasteiger partial charge on any atom is 0.242 e. The van der Waals surface area contributed by atoms with Crippen LogP contribution in [0, 0.1) is 5.92 Å². The van der Waals surface area contributed by atoms with Crippen LogP contribution in [-0.2, 0) is 10.0 Å². The van der Waals surface area contributed by atoms with Gasteiger partial charge in [0.05, 0.1) is 5.02 Å². The number of sulfonamides is 1. The second kappa shape index (κ2) is 5.69. The average Bonchev–Trinajstić information content (AvgIpc) is 2.15. The normalized spacial score (nSPS) is 14.0. The van der Waals surface area contributed by atoms with Crippen molar-refractivity contribution < 1.29 is 8.42 Å². The molecule has 1 unspecified atom stereocenters. The second-order valence-corrected chi connectivity index (χ2v) is 7.23. The number of benzene rings is 1. The molecular weight excluding hydrogens is 326 g/mol. The first kappa shape index (κ1) is 15.0. The fourth-order valence-electron chi connectivity index (χ4n) is 1.14. The van der Waals surface area contributed by atoms with Crippen LogP contribution < -0.4 is 4.72 Å². The van der Waals surface area contributed by atoms with Crippen molar-refractivity contribution in [3.8, 4) is 0 Å². The number of halogens is 2. The first-order chi connectivity index (χ1) is 7.74. The Morgan fingerprint density at radius 3 is 2.35 bits per heavy atom. The topological polar surface area (TPSA) is 46.2 Å². The van der Waals surface area contributed by atoms with Gasteiger partial charge in [-0.3, -0.25) is 0 Å². The van der Waals surface area contributed by atoms with Crippen molar-refractivity contribution in [1.29, 1.82) is 0 Å². The van der Waals surface area contributed by atoms with Gasteiger partial charge in [-0.05, 0) is 31.0 Å². The lowest BCUT2D eigenvalue weighted by Crippen LogP contribution is -2.36. The van der Waals surface area contributed by atoms with Crippen LogP contribution in [0.2, 0.25) is 5.02 Å². The van der Waals surface area contributed by atoms with E-state index in [-0.39, 0.29) is 21.9 Å². The zero-order valence-corrected chi connectivity index (χ0v) is 13.0. The van der Waals surface area contributed by atoms with E-state index in [1.54, 1.807) is 12.1 Å². The van der Waals surface area contributed by atoms with Gasteiger partial charge in [-0.2, -0.15) is 0 Å². The van der Waals surface area contributed by atoms with Gasteiger partial charge in [-0.25, -0.2) is 13.1 Å². The third-order valence-electron chi connectivity index (χ3n) is 2.52. The lowest BCUT2D eigenvalue weighted by molar-refractivity contribution is 0.476. The summed E-state index contributed by atoms with van der Waals surface area (Å²) < 4.78 is 27.5. The van der Waals surface area contributed by atoms with Crippen LogP contribution in [0.1, 0.15) is 20.8 Å². The largest absolute Gasteiger partial charge is 0.242 e. The number of rotatable bonds is 4. The van der Waals surface area contributed by atoms with Gasteiger partial charge in [-0.15, -0.1) is 0 Å². The maximum atomic E-state index is 12.1. The van der Waals surface area contributed by atoms with E-state index < -0.39 is 10.0 Å². The van der Waals surface area contributed by atoms with Gasteiger partial charge < -0.3 is 0 Å². The number of nitrogens with one attached hydrogen (secondary N) is 1. The van der Waals surface area contributed by atoms with Crippen molar-refractivity contribution in [2.75, 3.05) is 0 Å². The minimum atomic E-state index is -3.55. The summed E-state index contributed by atoms with van der Waals surface area (Å²) in [5, 5.41) is 0.211. The Kier molecular flexibility index (Phi) is 5.01. The molecule has 0 radical (unpaired) electrons. The molecule has 1 aromatic rings. The van der Waals surface area contributed by atoms with Crippen molar-refractivity contribution in [3.05, 3.63) is 27.7 Å². The van der Waals surface area contributed by atoms with Gasteiger partial charge in [0.1, 0.15) is 4.90 Å². The molecule has 3 nitrogen and oxygen atoms in total. The lowest BCUT2D eigenvalue weighted by Gasteiger charge is -2.18. The minimum Gasteiger partial charge on any atom is -0.208 e. The Bertz CT molecular complexity index is 502. The summed E-state index contributed by atoms with van der Waals surface area (Å²) in [6.45, 7) is 5.74. The van der Waals surface area contributed by atoms with Crippen LogP contribution in [0.5, 0.6) is 0 Å². The molecule has 96 valence electrons. The fraction of sp³-hybridized carbons (Fsp3) is 0.455. The van der Waals surface area contributed by atoms with Crippen LogP contribution in [0.3, 0.4) is 0 Å². The fourth-order valence-corrected chi connectivity index (χ4v) is 3.57. The molecule has 0 aliphatic heterocycles. The summed E-state index contributed by atoms with van der Waals surface area (Å²) in [6.07, 6.45) is 0. The third-order valence-corrected chi connectivity index (χ3v) is 5.06. The van der Waals surface area contributed by atoms with Crippen molar-refractivity contribution in [1.82, 2.24) is 4.72 Å². The standard InChI is InChI=1S/C11H15BrClNO2S/c1-7(2)8(3)14-17(15,16)11-5-4-9(12)6-10(11)13/h4-8,14H,1-3H3. The van der Waals surface area contributed by atoms with Crippen LogP contribution in [0.25, 0.3) is 0 Å². The van der Waals surface area contributed by atoms with Crippen LogP contribution in [0.15, 0.2) is 27.6 Å². The molecule has 17 heavy (non-hydrogen) atoms. The molecule has 0 saturated heterocycles. The second-order valence-electron chi connectivity index (χ2n) is 4.23. The highest BCUT2D eigenvalue weighted by molar-refractivity contribution is 9.10. The van der Waals surface area contributed by atoms with E-state index in [0.717, 1.165) is 4.47 Å². The highest BCUT2D eigenvalue weighted by Crippen LogP contribution is 2.25. The summed E-state index contributed by atoms with van der Waals surface area (Å²) in [5.74, 6) is 0.221. The number of hydrogen-bond donors (Lipinski definition) is 1. The summed E-state index contributed by atoms with van der Waals surface area (Å²) >= 11 is 9.17. The summed E-state index contributed by atoms with van der Waals surface area (Å²) in [5.41, 5.74) is 0. The highest BCUT2D eigenvalue weighted by atomic mass is 79.9. The third kappa shape index (κ3) is 3.95. The quantitative estimate of drug-likeness (QED) is 0.913. The van der Waals surface area contributed by atoms with Crippen LogP contribution in [0.4, 0.5) is 0 Å². The lowest BCUT2D eigenvalue weighted by atomic mass is 10.1. The van der Waals surface area contributed by atoms with Gasteiger partial charge in [0, 0.05) is 10.5 Å². The molecule has 1 aromatic carbocycles. The van der Waals surface area contributed by atoms with Crippen LogP contribution in [-0.4, -0.2) is 14.5 Å². The summed E-state index contributed by atoms with van der Waals surface area (Å²) in [4.78, 5) is 0.106. The predicted molar refractivity (Wildman–Crippen MR) is 73.8 cm³/mol. The monoisotopic (exact) mass is 339 g/mol. The molecule has 1 rings (SSSR count). The maximum absolute atomic E-state index is 12.1. The number of hydrogen-bond acceptors (Lipinski definition) is 2. The van der Waals surface area contributed by atoms with E-state index in [1.807, 2.05) is 20.8 Å². The van der Waals surface area contributed by atoms with Gasteiger partial charge >= 0.3 is 0 Å². The van der Waals surface area contributed by atoms with Crippen molar-refractivity contribution in [2.24, 2.45) is 5.92 Å². The van der Waals surface area contributed by atoms with E-state index in [4.69, 9.17) is 11.6 Å². The van der Waals surface area contributed by atoms with E-state index >= 15 is 0 Å². The first-order valence-corrected chi connectivity index (χ1v) is 7.87. The highest BCUT2D eigenvalue weighted by Gasteiger charge is 2.21. The first-order valence-electron chi connectivity index (χ1n) is 5.21. The van der Waals surface area contributed by atoms with Crippen molar-refractivity contribution in [2.45, 2.75) is 31.7 Å². The van der Waals surface area contributed by atoms with Gasteiger partial charge in [0.25, 0.3) is 0 Å². The molecule has 0 aliphatic carbocycles. The molecule has 0 aromatic heterocycles. The average molecular weight is 341 g/mol. The zero-order chi connectivity index (χ0) is 13.2. The Balaban J connectivity index is 3.06. The van der Waals surface area contributed by atoms with Gasteiger partial charge in [0.2, 0.25) is 10.0 Å². The molecule has 0 saturated carbocycles. The summed E-state index contributed by atoms with van der Waals surface area (Å²) in [7, 11) is -3.55. The van der Waals surface area contributed by atoms with Crippen LogP contribution >= 0.6 is 27.5 Å². The molecule has 0 amide bonds. The van der Waals surface area contributed by atoms with Gasteiger partial charge in [0.15, 0.2) is 0 Å². The Hall–Kier alpha value is -0.100. The molecule has 1 atom stereocenters. The molecule has 0 fully saturated rings. The molecule has 6 heteroatoms. The Morgan fingerprint density at radius 2 is 1.88 bits per heavy atom. The molecule has 0 bridgehead atoms. The van der Waals surface area contributed by atoms with E-state index in [9.17, 15) is 8.42 Å².